The molecular weight excluding hydrogens is 264 g/mol. The molecule has 1 aliphatic heterocycles. The zero-order valence-corrected chi connectivity index (χ0v) is 12.4. The number of benzene rings is 1. The summed E-state index contributed by atoms with van der Waals surface area (Å²) in [6.45, 7) is 3.95. The number of hydrogen-bond donors (Lipinski definition) is 2. The molecule has 0 bridgehead atoms. The fourth-order valence-corrected chi connectivity index (χ4v) is 2.94. The van der Waals surface area contributed by atoms with E-state index in [0.29, 0.717) is 5.92 Å². The maximum atomic E-state index is 5.75. The lowest BCUT2D eigenvalue weighted by Crippen LogP contribution is -2.26. The summed E-state index contributed by atoms with van der Waals surface area (Å²) in [5.41, 5.74) is 1.31. The van der Waals surface area contributed by atoms with Crippen molar-refractivity contribution in [3.63, 3.8) is 0 Å². The van der Waals surface area contributed by atoms with Gasteiger partial charge in [-0.1, -0.05) is 25.1 Å². The van der Waals surface area contributed by atoms with Gasteiger partial charge in [-0.25, -0.2) is 4.98 Å². The first-order valence-corrected chi connectivity index (χ1v) is 7.69. The van der Waals surface area contributed by atoms with E-state index in [2.05, 4.69) is 45.6 Å². The summed E-state index contributed by atoms with van der Waals surface area (Å²) >= 11 is 0. The molecule has 3 rings (SSSR count). The Kier molecular flexibility index (Phi) is 4.50. The van der Waals surface area contributed by atoms with Crippen LogP contribution in [-0.2, 0) is 0 Å². The van der Waals surface area contributed by atoms with E-state index in [1.165, 1.54) is 5.56 Å². The lowest BCUT2D eigenvalue weighted by atomic mass is 9.87. The zero-order valence-electron chi connectivity index (χ0n) is 12.4. The molecule has 2 atom stereocenters. The number of nitrogens with one attached hydrogen (secondary N) is 2. The summed E-state index contributed by atoms with van der Waals surface area (Å²) in [5.74, 6) is 2.45. The third kappa shape index (κ3) is 3.24. The second-order valence-corrected chi connectivity index (χ2v) is 5.49. The maximum Gasteiger partial charge on any atom is 0.141 e. The van der Waals surface area contributed by atoms with E-state index in [1.54, 1.807) is 6.33 Å². The van der Waals surface area contributed by atoms with Crippen molar-refractivity contribution in [2.24, 2.45) is 0 Å². The van der Waals surface area contributed by atoms with Crippen molar-refractivity contribution in [1.29, 1.82) is 0 Å². The summed E-state index contributed by atoms with van der Waals surface area (Å²) in [5, 5.41) is 10.6. The van der Waals surface area contributed by atoms with Crippen LogP contribution in [0.25, 0.3) is 0 Å². The van der Waals surface area contributed by atoms with Gasteiger partial charge in [0.1, 0.15) is 17.9 Å². The van der Waals surface area contributed by atoms with E-state index < -0.39 is 0 Å². The molecule has 0 spiro atoms. The molecule has 1 aromatic heterocycles. The molecule has 112 valence electrons. The first-order valence-electron chi connectivity index (χ1n) is 7.69. The van der Waals surface area contributed by atoms with Crippen LogP contribution in [0.5, 0.6) is 5.75 Å². The molecule has 0 fully saturated rings. The fourth-order valence-electron chi connectivity index (χ4n) is 2.94. The number of aromatic amines is 1. The third-order valence-electron chi connectivity index (χ3n) is 4.01. The van der Waals surface area contributed by atoms with Gasteiger partial charge in [0.25, 0.3) is 0 Å². The molecule has 0 saturated carbocycles. The monoisotopic (exact) mass is 286 g/mol. The molecular formula is C16H22N4O. The largest absolute Gasteiger partial charge is 0.493 e. The number of aromatic nitrogens is 3. The molecule has 2 heterocycles. The van der Waals surface area contributed by atoms with Crippen LogP contribution in [0.15, 0.2) is 30.6 Å². The Bertz CT molecular complexity index is 555. The average molecular weight is 286 g/mol. The highest BCUT2D eigenvalue weighted by Crippen LogP contribution is 2.38. The zero-order chi connectivity index (χ0) is 14.5. The van der Waals surface area contributed by atoms with E-state index in [1.807, 2.05) is 6.07 Å². The molecule has 0 radical (unpaired) electrons. The van der Waals surface area contributed by atoms with Crippen molar-refractivity contribution < 1.29 is 4.74 Å². The highest BCUT2D eigenvalue weighted by molar-refractivity contribution is 5.37. The number of rotatable bonds is 6. The Hall–Kier alpha value is -1.88. The molecule has 1 aliphatic rings. The Morgan fingerprint density at radius 1 is 1.43 bits per heavy atom. The number of H-pyrrole nitrogens is 1. The van der Waals surface area contributed by atoms with E-state index in [-0.39, 0.29) is 6.04 Å². The topological polar surface area (TPSA) is 62.8 Å². The van der Waals surface area contributed by atoms with Gasteiger partial charge in [-0.15, -0.1) is 0 Å². The molecule has 5 nitrogen and oxygen atoms in total. The third-order valence-corrected chi connectivity index (χ3v) is 4.01. The number of para-hydroxylation sites is 1. The van der Waals surface area contributed by atoms with Crippen LogP contribution in [-0.4, -0.2) is 28.3 Å². The van der Waals surface area contributed by atoms with Gasteiger partial charge in [-0.05, 0) is 43.4 Å². The minimum atomic E-state index is 0.212. The maximum absolute atomic E-state index is 5.75. The first kappa shape index (κ1) is 14.1. The highest BCUT2D eigenvalue weighted by Gasteiger charge is 2.26. The molecule has 2 unspecified atom stereocenters. The van der Waals surface area contributed by atoms with Gasteiger partial charge in [0, 0.05) is 0 Å². The molecule has 0 amide bonds. The second kappa shape index (κ2) is 6.72. The van der Waals surface area contributed by atoms with Crippen molar-refractivity contribution in [3.8, 4) is 5.75 Å². The van der Waals surface area contributed by atoms with Crippen molar-refractivity contribution >= 4 is 0 Å². The molecule has 2 aromatic rings. The number of fused-ring (bicyclic) bond motifs is 1. The minimum absolute atomic E-state index is 0.212. The molecule has 21 heavy (non-hydrogen) atoms. The van der Waals surface area contributed by atoms with Crippen LogP contribution in [0.2, 0.25) is 0 Å². The summed E-state index contributed by atoms with van der Waals surface area (Å²) in [4.78, 5) is 4.33. The Morgan fingerprint density at radius 2 is 2.33 bits per heavy atom. The number of ether oxygens (including phenoxy) is 1. The van der Waals surface area contributed by atoms with Crippen molar-refractivity contribution in [2.45, 2.75) is 38.1 Å². The smallest absolute Gasteiger partial charge is 0.141 e. The van der Waals surface area contributed by atoms with Gasteiger partial charge in [-0.3, -0.25) is 5.10 Å². The van der Waals surface area contributed by atoms with Crippen molar-refractivity contribution in [2.75, 3.05) is 13.2 Å². The van der Waals surface area contributed by atoms with Gasteiger partial charge < -0.3 is 10.1 Å². The molecule has 0 aliphatic carbocycles. The quantitative estimate of drug-likeness (QED) is 0.857. The Balaban J connectivity index is 1.77. The first-order chi connectivity index (χ1) is 10.4. The van der Waals surface area contributed by atoms with E-state index in [4.69, 9.17) is 4.74 Å². The summed E-state index contributed by atoms with van der Waals surface area (Å²) < 4.78 is 5.75. The second-order valence-electron chi connectivity index (χ2n) is 5.49. The highest BCUT2D eigenvalue weighted by atomic mass is 16.5. The van der Waals surface area contributed by atoms with Crippen LogP contribution < -0.4 is 10.1 Å². The summed E-state index contributed by atoms with van der Waals surface area (Å²) in [7, 11) is 0. The summed E-state index contributed by atoms with van der Waals surface area (Å²) in [6.07, 6.45) is 4.74. The van der Waals surface area contributed by atoms with E-state index >= 15 is 0 Å². The van der Waals surface area contributed by atoms with Crippen LogP contribution >= 0.6 is 0 Å². The normalized spacial score (nSPS) is 18.8. The van der Waals surface area contributed by atoms with Crippen molar-refractivity contribution in [3.05, 3.63) is 42.0 Å². The molecule has 2 N–H and O–H groups in total. The van der Waals surface area contributed by atoms with Gasteiger partial charge in [0.05, 0.1) is 12.6 Å². The average Bonchev–Trinajstić information content (AvgIpc) is 3.06. The van der Waals surface area contributed by atoms with E-state index in [9.17, 15) is 0 Å². The summed E-state index contributed by atoms with van der Waals surface area (Å²) in [6, 6.07) is 8.57. The Labute approximate surface area is 125 Å². The molecule has 0 saturated heterocycles. The van der Waals surface area contributed by atoms with Crippen molar-refractivity contribution in [1.82, 2.24) is 20.5 Å². The molecule has 5 heteroatoms. The van der Waals surface area contributed by atoms with Gasteiger partial charge in [0.15, 0.2) is 0 Å². The molecule has 1 aromatic carbocycles. The fraction of sp³-hybridized carbons (Fsp3) is 0.500. The van der Waals surface area contributed by atoms with Gasteiger partial charge in [0.2, 0.25) is 0 Å². The predicted octanol–water partition coefficient (Wildman–Crippen LogP) is 2.80. The van der Waals surface area contributed by atoms with Crippen LogP contribution in [0.4, 0.5) is 0 Å². The van der Waals surface area contributed by atoms with E-state index in [0.717, 1.165) is 44.0 Å². The van der Waals surface area contributed by atoms with Gasteiger partial charge >= 0.3 is 0 Å². The van der Waals surface area contributed by atoms with Crippen LogP contribution in [0, 0.1) is 0 Å². The van der Waals surface area contributed by atoms with Crippen LogP contribution in [0.3, 0.4) is 0 Å². The standard InChI is InChI=1S/C16H22N4O/c1-2-8-17-14(16-18-11-19-20-16)10-12-7-9-21-15-6-4-3-5-13(12)15/h3-6,11-12,14,17H,2,7-10H2,1H3,(H,18,19,20). The lowest BCUT2D eigenvalue weighted by Gasteiger charge is -2.28. The van der Waals surface area contributed by atoms with Crippen LogP contribution in [0.1, 0.15) is 49.5 Å². The lowest BCUT2D eigenvalue weighted by molar-refractivity contribution is 0.254. The SMILES string of the molecule is CCCNC(CC1CCOc2ccccc21)c1ncn[nH]1. The van der Waals surface area contributed by atoms with Gasteiger partial charge in [-0.2, -0.15) is 5.10 Å². The Morgan fingerprint density at radius 3 is 3.14 bits per heavy atom. The number of hydrogen-bond acceptors (Lipinski definition) is 4. The predicted molar refractivity (Wildman–Crippen MR) is 81.3 cm³/mol. The minimum Gasteiger partial charge on any atom is -0.493 e. The number of nitrogens with zero attached hydrogens (tertiary/aromatic N) is 2.